The fourth-order valence-corrected chi connectivity index (χ4v) is 5.12. The number of imidazole rings is 1. The highest BCUT2D eigenvalue weighted by Gasteiger charge is 2.28. The van der Waals surface area contributed by atoms with E-state index < -0.39 is 0 Å². The molecule has 4 aromatic heterocycles. The molecule has 9 nitrogen and oxygen atoms in total. The summed E-state index contributed by atoms with van der Waals surface area (Å²) in [6, 6.07) is 3.24. The molecule has 0 unspecified atom stereocenters. The quantitative estimate of drug-likeness (QED) is 0.532. The van der Waals surface area contributed by atoms with Gasteiger partial charge in [0.05, 0.1) is 11.7 Å². The zero-order chi connectivity index (χ0) is 21.5. The SMILES string of the molecule is CN1CCN(C2CCC(Nc3ncc4c(-c5cnc6nccn6c5)ccn4n3)CC2)CC1. The van der Waals surface area contributed by atoms with Crippen molar-refractivity contribution >= 4 is 17.2 Å². The van der Waals surface area contributed by atoms with E-state index >= 15 is 0 Å². The van der Waals surface area contributed by atoms with E-state index in [1.807, 2.05) is 39.9 Å². The molecule has 1 aliphatic carbocycles. The Morgan fingerprint density at radius 2 is 1.78 bits per heavy atom. The van der Waals surface area contributed by atoms with Crippen LogP contribution >= 0.6 is 0 Å². The van der Waals surface area contributed by atoms with Crippen molar-refractivity contribution in [1.82, 2.24) is 38.8 Å². The summed E-state index contributed by atoms with van der Waals surface area (Å²) in [5, 5.41) is 8.30. The van der Waals surface area contributed by atoms with Gasteiger partial charge in [0, 0.05) is 80.4 Å². The largest absolute Gasteiger partial charge is 0.350 e. The van der Waals surface area contributed by atoms with Crippen LogP contribution in [0.5, 0.6) is 0 Å². The van der Waals surface area contributed by atoms with Gasteiger partial charge >= 0.3 is 0 Å². The average molecular weight is 432 g/mol. The Kier molecular flexibility index (Phi) is 4.99. The minimum Gasteiger partial charge on any atom is -0.350 e. The van der Waals surface area contributed by atoms with Gasteiger partial charge in [-0.05, 0) is 38.8 Å². The molecule has 9 heteroatoms. The number of rotatable bonds is 4. The number of nitrogens with one attached hydrogen (secondary N) is 1. The lowest BCUT2D eigenvalue weighted by atomic mass is 9.90. The number of fused-ring (bicyclic) bond motifs is 2. The topological polar surface area (TPSA) is 78.9 Å². The average Bonchev–Trinajstić information content (AvgIpc) is 3.46. The van der Waals surface area contributed by atoms with Crippen molar-refractivity contribution in [2.45, 2.75) is 37.8 Å². The molecule has 32 heavy (non-hydrogen) atoms. The van der Waals surface area contributed by atoms with E-state index in [4.69, 9.17) is 5.10 Å². The van der Waals surface area contributed by atoms with E-state index in [1.54, 1.807) is 6.20 Å². The molecule has 6 rings (SSSR count). The summed E-state index contributed by atoms with van der Waals surface area (Å²) in [6.07, 6.45) is 16.3. The molecule has 2 aliphatic rings. The fourth-order valence-electron chi connectivity index (χ4n) is 5.12. The number of anilines is 1. The van der Waals surface area contributed by atoms with Gasteiger partial charge in [-0.3, -0.25) is 9.30 Å². The van der Waals surface area contributed by atoms with Gasteiger partial charge in [0.25, 0.3) is 0 Å². The van der Waals surface area contributed by atoms with Crippen LogP contribution < -0.4 is 5.32 Å². The summed E-state index contributed by atoms with van der Waals surface area (Å²) in [5.41, 5.74) is 3.05. The molecule has 0 bridgehead atoms. The van der Waals surface area contributed by atoms with Crippen LogP contribution in [0, 0.1) is 0 Å². The first-order chi connectivity index (χ1) is 15.7. The van der Waals surface area contributed by atoms with Gasteiger partial charge in [-0.2, -0.15) is 0 Å². The number of nitrogens with zero attached hydrogens (tertiary/aromatic N) is 8. The highest BCUT2D eigenvalue weighted by molar-refractivity contribution is 5.79. The molecule has 4 aromatic rings. The van der Waals surface area contributed by atoms with Crippen LogP contribution in [0.25, 0.3) is 22.4 Å². The molecule has 0 atom stereocenters. The lowest BCUT2D eigenvalue weighted by Gasteiger charge is -2.41. The van der Waals surface area contributed by atoms with Crippen LogP contribution in [-0.4, -0.2) is 84.1 Å². The van der Waals surface area contributed by atoms with Crippen LogP contribution in [0.4, 0.5) is 5.95 Å². The number of piperazine rings is 1. The van der Waals surface area contributed by atoms with Crippen molar-refractivity contribution in [3.63, 3.8) is 0 Å². The molecular weight excluding hydrogens is 402 g/mol. The summed E-state index contributed by atoms with van der Waals surface area (Å²) >= 11 is 0. The second-order valence-electron chi connectivity index (χ2n) is 9.11. The van der Waals surface area contributed by atoms with Gasteiger partial charge in [-0.15, -0.1) is 5.10 Å². The molecule has 1 saturated carbocycles. The molecule has 1 saturated heterocycles. The van der Waals surface area contributed by atoms with Crippen molar-refractivity contribution in [3.05, 3.63) is 43.2 Å². The van der Waals surface area contributed by atoms with Gasteiger partial charge in [-0.1, -0.05) is 0 Å². The Hall–Kier alpha value is -3.04. The number of likely N-dealkylation sites (N-methyl/N-ethyl adjacent to an activating group) is 1. The molecule has 166 valence electrons. The predicted octanol–water partition coefficient (Wildman–Crippen LogP) is 2.41. The molecule has 0 spiro atoms. The Labute approximate surface area is 187 Å². The first kappa shape index (κ1) is 19.6. The summed E-state index contributed by atoms with van der Waals surface area (Å²) in [4.78, 5) is 18.4. The minimum atomic E-state index is 0.444. The number of hydrogen-bond acceptors (Lipinski definition) is 7. The van der Waals surface area contributed by atoms with Crippen molar-refractivity contribution in [2.24, 2.45) is 0 Å². The van der Waals surface area contributed by atoms with Gasteiger partial charge in [0.15, 0.2) is 0 Å². The van der Waals surface area contributed by atoms with E-state index in [1.165, 1.54) is 51.9 Å². The van der Waals surface area contributed by atoms with Crippen LogP contribution in [0.3, 0.4) is 0 Å². The van der Waals surface area contributed by atoms with Crippen LogP contribution in [-0.2, 0) is 0 Å². The van der Waals surface area contributed by atoms with Crippen molar-refractivity contribution in [3.8, 4) is 11.1 Å². The molecule has 2 fully saturated rings. The number of hydrogen-bond donors (Lipinski definition) is 1. The Morgan fingerprint density at radius 1 is 0.938 bits per heavy atom. The smallest absolute Gasteiger partial charge is 0.241 e. The zero-order valence-electron chi connectivity index (χ0n) is 18.4. The fraction of sp³-hybridized carbons (Fsp3) is 0.478. The van der Waals surface area contributed by atoms with Crippen LogP contribution in [0.1, 0.15) is 25.7 Å². The van der Waals surface area contributed by atoms with Gasteiger partial charge in [-0.25, -0.2) is 19.5 Å². The highest BCUT2D eigenvalue weighted by atomic mass is 15.3. The molecule has 1 N–H and O–H groups in total. The Morgan fingerprint density at radius 3 is 2.62 bits per heavy atom. The summed E-state index contributed by atoms with van der Waals surface area (Å²) in [6.45, 7) is 4.80. The van der Waals surface area contributed by atoms with Gasteiger partial charge in [0.2, 0.25) is 11.7 Å². The molecular formula is C23H29N9. The standard InChI is InChI=1S/C23H29N9/c1-29-10-12-30(13-11-29)19-4-2-18(3-5-19)27-22-25-15-21-20(6-8-32(21)28-22)17-14-26-23-24-7-9-31(23)16-17/h6-9,14-16,18-19H,2-5,10-13H2,1H3,(H,27,28). The van der Waals surface area contributed by atoms with Crippen LogP contribution in [0.15, 0.2) is 43.2 Å². The molecule has 0 aromatic carbocycles. The first-order valence-corrected chi connectivity index (χ1v) is 11.6. The monoisotopic (exact) mass is 431 g/mol. The Balaban J connectivity index is 1.13. The van der Waals surface area contributed by atoms with Crippen LogP contribution in [0.2, 0.25) is 0 Å². The molecule has 0 amide bonds. The second-order valence-corrected chi connectivity index (χ2v) is 9.11. The third kappa shape index (κ3) is 3.71. The maximum absolute atomic E-state index is 4.72. The Bertz CT molecular complexity index is 1210. The van der Waals surface area contributed by atoms with Gasteiger partial charge in [0.1, 0.15) is 0 Å². The second kappa shape index (κ2) is 8.14. The lowest BCUT2D eigenvalue weighted by molar-refractivity contribution is 0.0893. The summed E-state index contributed by atoms with van der Waals surface area (Å²) < 4.78 is 3.83. The first-order valence-electron chi connectivity index (χ1n) is 11.6. The maximum Gasteiger partial charge on any atom is 0.241 e. The van der Waals surface area contributed by atoms with E-state index in [0.29, 0.717) is 17.8 Å². The van der Waals surface area contributed by atoms with Crippen molar-refractivity contribution in [1.29, 1.82) is 0 Å². The maximum atomic E-state index is 4.72. The van der Waals surface area contributed by atoms with Gasteiger partial charge < -0.3 is 10.2 Å². The third-order valence-electron chi connectivity index (χ3n) is 7.06. The highest BCUT2D eigenvalue weighted by Crippen LogP contribution is 2.27. The third-order valence-corrected chi connectivity index (χ3v) is 7.06. The normalized spacial score (nSPS) is 23.2. The van der Waals surface area contributed by atoms with E-state index in [2.05, 4.69) is 43.2 Å². The van der Waals surface area contributed by atoms with Crippen molar-refractivity contribution in [2.75, 3.05) is 38.5 Å². The van der Waals surface area contributed by atoms with E-state index in [0.717, 1.165) is 22.7 Å². The molecule has 5 heterocycles. The van der Waals surface area contributed by atoms with E-state index in [-0.39, 0.29) is 0 Å². The number of aromatic nitrogens is 6. The summed E-state index contributed by atoms with van der Waals surface area (Å²) in [5.74, 6) is 1.40. The van der Waals surface area contributed by atoms with Crippen molar-refractivity contribution < 1.29 is 0 Å². The lowest BCUT2D eigenvalue weighted by Crippen LogP contribution is -2.50. The predicted molar refractivity (Wildman–Crippen MR) is 124 cm³/mol. The minimum absolute atomic E-state index is 0.444. The van der Waals surface area contributed by atoms with E-state index in [9.17, 15) is 0 Å². The molecule has 1 aliphatic heterocycles. The zero-order valence-corrected chi connectivity index (χ0v) is 18.4. The summed E-state index contributed by atoms with van der Waals surface area (Å²) in [7, 11) is 2.22. The molecule has 0 radical (unpaired) electrons.